The van der Waals surface area contributed by atoms with Crippen LogP contribution in [0.4, 0.5) is 5.82 Å². The second kappa shape index (κ2) is 2.85. The lowest BCUT2D eigenvalue weighted by atomic mass is 10.5. The summed E-state index contributed by atoms with van der Waals surface area (Å²) < 4.78 is 1.74. The molecule has 2 aromatic rings. The molecule has 0 amide bonds. The van der Waals surface area contributed by atoms with Crippen molar-refractivity contribution >= 4 is 23.1 Å². The summed E-state index contributed by atoms with van der Waals surface area (Å²) in [5, 5.41) is 8.13. The molecule has 0 aromatic carbocycles. The maximum Gasteiger partial charge on any atom is 0.157 e. The Kier molecular flexibility index (Phi) is 1.64. The van der Waals surface area contributed by atoms with Gasteiger partial charge >= 0.3 is 0 Å². The molecule has 1 fully saturated rings. The minimum Gasteiger partial charge on any atom is -0.366 e. The Balaban J connectivity index is 2.15. The molecule has 5 heteroatoms. The summed E-state index contributed by atoms with van der Waals surface area (Å²) in [6.07, 6.45) is 5.79. The number of nitrogens with zero attached hydrogens (tertiary/aromatic N) is 3. The van der Waals surface area contributed by atoms with Crippen molar-refractivity contribution < 1.29 is 0 Å². The molecule has 0 spiro atoms. The van der Waals surface area contributed by atoms with Crippen molar-refractivity contribution in [3.05, 3.63) is 23.5 Å². The molecule has 0 bridgehead atoms. The second-order valence-electron chi connectivity index (χ2n) is 3.47. The number of fused-ring (bicyclic) bond motifs is 1. The zero-order valence-corrected chi connectivity index (χ0v) is 8.20. The van der Waals surface area contributed by atoms with Crippen molar-refractivity contribution in [3.63, 3.8) is 0 Å². The van der Waals surface area contributed by atoms with Gasteiger partial charge in [-0.25, -0.2) is 4.98 Å². The Morgan fingerprint density at radius 1 is 1.50 bits per heavy atom. The Morgan fingerprint density at radius 2 is 2.36 bits per heavy atom. The molecule has 1 aliphatic carbocycles. The van der Waals surface area contributed by atoms with Gasteiger partial charge in [0.2, 0.25) is 0 Å². The summed E-state index contributed by atoms with van der Waals surface area (Å²) in [6, 6.07) is 2.41. The lowest BCUT2D eigenvalue weighted by Crippen LogP contribution is -2.08. The third-order valence-corrected chi connectivity index (χ3v) is 2.57. The highest BCUT2D eigenvalue weighted by atomic mass is 35.5. The highest BCUT2D eigenvalue weighted by Gasteiger charge is 2.23. The lowest BCUT2D eigenvalue weighted by molar-refractivity contribution is 0.924. The van der Waals surface area contributed by atoms with E-state index in [0.717, 1.165) is 11.5 Å². The molecule has 0 aliphatic heterocycles. The molecule has 0 atom stereocenters. The van der Waals surface area contributed by atoms with Crippen molar-refractivity contribution in [1.29, 1.82) is 0 Å². The summed E-state index contributed by atoms with van der Waals surface area (Å²) in [4.78, 5) is 4.16. The van der Waals surface area contributed by atoms with Crippen molar-refractivity contribution in [1.82, 2.24) is 14.6 Å². The van der Waals surface area contributed by atoms with Gasteiger partial charge in [0, 0.05) is 12.1 Å². The van der Waals surface area contributed by atoms with Gasteiger partial charge in [0.15, 0.2) is 11.5 Å². The fourth-order valence-corrected chi connectivity index (χ4v) is 1.59. The van der Waals surface area contributed by atoms with Crippen LogP contribution in [0, 0.1) is 0 Å². The molecule has 1 N–H and O–H groups in total. The van der Waals surface area contributed by atoms with Gasteiger partial charge in [0.05, 0.1) is 12.4 Å². The third-order valence-electron chi connectivity index (χ3n) is 2.29. The predicted octanol–water partition coefficient (Wildman–Crippen LogP) is 1.96. The monoisotopic (exact) mass is 208 g/mol. The highest BCUT2D eigenvalue weighted by molar-refractivity contribution is 6.32. The van der Waals surface area contributed by atoms with E-state index < -0.39 is 0 Å². The number of rotatable bonds is 2. The summed E-state index contributed by atoms with van der Waals surface area (Å²) in [6.45, 7) is 0. The van der Waals surface area contributed by atoms with Crippen molar-refractivity contribution in [3.8, 4) is 0 Å². The van der Waals surface area contributed by atoms with E-state index in [1.54, 1.807) is 16.9 Å². The predicted molar refractivity (Wildman–Crippen MR) is 54.6 cm³/mol. The van der Waals surface area contributed by atoms with E-state index in [1.807, 2.05) is 6.07 Å². The molecule has 0 saturated heterocycles. The fraction of sp³-hybridized carbons (Fsp3) is 0.333. The van der Waals surface area contributed by atoms with E-state index in [0.29, 0.717) is 11.1 Å². The minimum absolute atomic E-state index is 0.558. The zero-order valence-electron chi connectivity index (χ0n) is 7.44. The molecule has 4 nitrogen and oxygen atoms in total. The number of anilines is 1. The summed E-state index contributed by atoms with van der Waals surface area (Å²) >= 11 is 6.05. The standard InChI is InChI=1S/C9H9ClN4/c10-7-5-11-8-3-4-12-14(8)9(7)13-6-1-2-6/h3-6,13H,1-2H2. The number of halogens is 1. The van der Waals surface area contributed by atoms with Crippen LogP contribution in [0.2, 0.25) is 5.02 Å². The Bertz CT molecular complexity index is 475. The smallest absolute Gasteiger partial charge is 0.157 e. The van der Waals surface area contributed by atoms with Crippen LogP contribution in [0.5, 0.6) is 0 Å². The molecule has 1 aliphatic rings. The van der Waals surface area contributed by atoms with Crippen LogP contribution in [0.25, 0.3) is 5.65 Å². The molecule has 0 unspecified atom stereocenters. The summed E-state index contributed by atoms with van der Waals surface area (Å²) in [5.41, 5.74) is 0.817. The average molecular weight is 209 g/mol. The van der Waals surface area contributed by atoms with Gasteiger partial charge in [0.25, 0.3) is 0 Å². The first kappa shape index (κ1) is 8.05. The Morgan fingerprint density at radius 3 is 3.14 bits per heavy atom. The van der Waals surface area contributed by atoms with E-state index in [2.05, 4.69) is 15.4 Å². The topological polar surface area (TPSA) is 42.2 Å². The first-order valence-electron chi connectivity index (χ1n) is 4.59. The van der Waals surface area contributed by atoms with Crippen LogP contribution >= 0.6 is 11.6 Å². The van der Waals surface area contributed by atoms with E-state index >= 15 is 0 Å². The zero-order chi connectivity index (χ0) is 9.54. The van der Waals surface area contributed by atoms with E-state index in [1.165, 1.54) is 12.8 Å². The summed E-state index contributed by atoms with van der Waals surface area (Å²) in [5.74, 6) is 0.851. The van der Waals surface area contributed by atoms with Gasteiger partial charge in [-0.05, 0) is 12.8 Å². The SMILES string of the molecule is Clc1cnc2ccnn2c1NC1CC1. The summed E-state index contributed by atoms with van der Waals surface area (Å²) in [7, 11) is 0. The molecule has 0 radical (unpaired) electrons. The molecule has 72 valence electrons. The average Bonchev–Trinajstić information content (AvgIpc) is 2.86. The minimum atomic E-state index is 0.558. The Labute approximate surface area is 85.9 Å². The van der Waals surface area contributed by atoms with E-state index in [-0.39, 0.29) is 0 Å². The van der Waals surface area contributed by atoms with E-state index in [9.17, 15) is 0 Å². The van der Waals surface area contributed by atoms with Crippen molar-refractivity contribution in [2.45, 2.75) is 18.9 Å². The maximum atomic E-state index is 6.05. The first-order valence-corrected chi connectivity index (χ1v) is 4.97. The first-order chi connectivity index (χ1) is 6.84. The largest absolute Gasteiger partial charge is 0.366 e. The van der Waals surface area contributed by atoms with Gasteiger partial charge in [-0.3, -0.25) is 0 Å². The molecule has 2 aromatic heterocycles. The van der Waals surface area contributed by atoms with Crippen molar-refractivity contribution in [2.24, 2.45) is 0 Å². The second-order valence-corrected chi connectivity index (χ2v) is 3.88. The number of hydrogen-bond donors (Lipinski definition) is 1. The number of hydrogen-bond acceptors (Lipinski definition) is 3. The van der Waals surface area contributed by atoms with Gasteiger partial charge in [-0.2, -0.15) is 9.61 Å². The molecular weight excluding hydrogens is 200 g/mol. The molecular formula is C9H9ClN4. The van der Waals surface area contributed by atoms with Gasteiger partial charge < -0.3 is 5.32 Å². The van der Waals surface area contributed by atoms with Crippen LogP contribution < -0.4 is 5.32 Å². The molecule has 2 heterocycles. The van der Waals surface area contributed by atoms with Gasteiger partial charge in [-0.15, -0.1) is 0 Å². The van der Waals surface area contributed by atoms with Crippen LogP contribution in [-0.2, 0) is 0 Å². The van der Waals surface area contributed by atoms with Gasteiger partial charge in [-0.1, -0.05) is 11.6 Å². The molecule has 3 rings (SSSR count). The quantitative estimate of drug-likeness (QED) is 0.821. The van der Waals surface area contributed by atoms with Crippen LogP contribution in [0.3, 0.4) is 0 Å². The van der Waals surface area contributed by atoms with Crippen LogP contribution in [-0.4, -0.2) is 20.6 Å². The van der Waals surface area contributed by atoms with Crippen LogP contribution in [0.15, 0.2) is 18.5 Å². The fourth-order valence-electron chi connectivity index (χ4n) is 1.40. The Hall–Kier alpha value is -1.29. The molecule has 1 saturated carbocycles. The normalized spacial score (nSPS) is 16.1. The molecule has 14 heavy (non-hydrogen) atoms. The lowest BCUT2D eigenvalue weighted by Gasteiger charge is -2.08. The van der Waals surface area contributed by atoms with Crippen LogP contribution in [0.1, 0.15) is 12.8 Å². The van der Waals surface area contributed by atoms with Gasteiger partial charge in [0.1, 0.15) is 5.02 Å². The number of aromatic nitrogens is 3. The highest BCUT2D eigenvalue weighted by Crippen LogP contribution is 2.28. The van der Waals surface area contributed by atoms with E-state index in [4.69, 9.17) is 11.6 Å². The maximum absolute atomic E-state index is 6.05. The third kappa shape index (κ3) is 1.23. The number of nitrogens with one attached hydrogen (secondary N) is 1. The van der Waals surface area contributed by atoms with Crippen molar-refractivity contribution in [2.75, 3.05) is 5.32 Å².